The highest BCUT2D eigenvalue weighted by Gasteiger charge is 2.25. The first kappa shape index (κ1) is 31.7. The summed E-state index contributed by atoms with van der Waals surface area (Å²) in [5.41, 5.74) is 13.0. The number of amidine groups is 1. The van der Waals surface area contributed by atoms with Crippen LogP contribution in [0.3, 0.4) is 0 Å². The van der Waals surface area contributed by atoms with Gasteiger partial charge >= 0.3 is 0 Å². The fraction of sp³-hybridized carbons (Fsp3) is 0.100. The third-order valence-corrected chi connectivity index (χ3v) is 11.2. The molecule has 264 valence electrons. The Bertz CT molecular complexity index is 2840. The number of para-hydroxylation sites is 2. The molecule has 2 aliphatic carbocycles. The van der Waals surface area contributed by atoms with Crippen LogP contribution in [0.4, 0.5) is 0 Å². The number of fused-ring (bicyclic) bond motifs is 7. The van der Waals surface area contributed by atoms with Crippen LogP contribution in [0.2, 0.25) is 0 Å². The SMILES string of the molecule is C1=CCCC(C2=CC(c3ccccc3)NC(c3cccc(-c4ccc(-n5c6cc7c(cc6c6ccc8c(c65)CCC=C8)Oc5ccccc5O7)cc4)c3)=N2)=C1. The maximum atomic E-state index is 6.42. The quantitative estimate of drug-likeness (QED) is 0.193. The zero-order valence-corrected chi connectivity index (χ0v) is 30.2. The smallest absolute Gasteiger partial charge is 0.172 e. The van der Waals surface area contributed by atoms with E-state index in [1.54, 1.807) is 0 Å². The van der Waals surface area contributed by atoms with Crippen molar-refractivity contribution in [3.8, 4) is 39.8 Å². The minimum Gasteiger partial charge on any atom is -0.449 e. The highest BCUT2D eigenvalue weighted by Crippen LogP contribution is 2.49. The van der Waals surface area contributed by atoms with E-state index in [9.17, 15) is 0 Å². The maximum absolute atomic E-state index is 6.42. The zero-order valence-electron chi connectivity index (χ0n) is 30.2. The molecule has 0 bridgehead atoms. The first-order valence-electron chi connectivity index (χ1n) is 19.2. The summed E-state index contributed by atoms with van der Waals surface area (Å²) in [6.07, 6.45) is 17.4. The Morgan fingerprint density at radius 3 is 2.24 bits per heavy atom. The molecule has 1 aromatic heterocycles. The monoisotopic (exact) mass is 711 g/mol. The molecule has 11 rings (SSSR count). The summed E-state index contributed by atoms with van der Waals surface area (Å²) in [7, 11) is 0. The van der Waals surface area contributed by atoms with Crippen molar-refractivity contribution in [1.82, 2.24) is 9.88 Å². The lowest BCUT2D eigenvalue weighted by Crippen LogP contribution is -2.31. The van der Waals surface area contributed by atoms with Crippen LogP contribution in [0.25, 0.3) is 44.7 Å². The summed E-state index contributed by atoms with van der Waals surface area (Å²) >= 11 is 0. The first-order chi connectivity index (χ1) is 27.2. The number of hydrogen-bond donors (Lipinski definition) is 1. The topological polar surface area (TPSA) is 47.8 Å². The summed E-state index contributed by atoms with van der Waals surface area (Å²) in [4.78, 5) is 5.21. The van der Waals surface area contributed by atoms with Gasteiger partial charge in [0.1, 0.15) is 5.84 Å². The summed E-state index contributed by atoms with van der Waals surface area (Å²) in [6, 6.07) is 45.0. The van der Waals surface area contributed by atoms with Gasteiger partial charge in [0.2, 0.25) is 0 Å². The number of aryl methyl sites for hydroxylation is 1. The number of benzene rings is 6. The Balaban J connectivity index is 0.990. The molecule has 1 unspecified atom stereocenters. The standard InChI is InChI=1S/C50H37N3O2/c1-3-13-34(14-4-1)42-30-43(35-15-5-2-6-16-35)52-50(51-42)37-18-11-17-36(28-37)32-22-25-38(26-23-32)53-44-31-48-47(54-45-20-9-10-21-46(45)55-48)29-41(44)40-27-24-33-12-7-8-19-39(33)49(40)53/h1-5,7,9-15,17-18,20-31,42H,6,8,16,19H2,(H,51,52). The lowest BCUT2D eigenvalue weighted by molar-refractivity contribution is 0.360. The maximum Gasteiger partial charge on any atom is 0.172 e. The Morgan fingerprint density at radius 1 is 0.636 bits per heavy atom. The number of aliphatic imine (C=N–C) groups is 1. The van der Waals surface area contributed by atoms with E-state index < -0.39 is 0 Å². The van der Waals surface area contributed by atoms with Crippen LogP contribution in [-0.2, 0) is 6.42 Å². The number of aromatic nitrogens is 1. The number of allylic oxidation sites excluding steroid dienone is 5. The molecule has 7 aromatic rings. The van der Waals surface area contributed by atoms with E-state index >= 15 is 0 Å². The molecule has 55 heavy (non-hydrogen) atoms. The molecule has 6 aromatic carbocycles. The van der Waals surface area contributed by atoms with Crippen molar-refractivity contribution in [2.24, 2.45) is 4.99 Å². The summed E-state index contributed by atoms with van der Waals surface area (Å²) < 4.78 is 15.2. The minimum atomic E-state index is 0.0308. The van der Waals surface area contributed by atoms with Crippen LogP contribution in [0.5, 0.6) is 23.0 Å². The molecule has 3 heterocycles. The van der Waals surface area contributed by atoms with Gasteiger partial charge in [0.05, 0.1) is 22.8 Å². The fourth-order valence-electron chi connectivity index (χ4n) is 8.50. The lowest BCUT2D eigenvalue weighted by Gasteiger charge is -2.26. The molecule has 0 saturated carbocycles. The molecular weight excluding hydrogens is 675 g/mol. The van der Waals surface area contributed by atoms with E-state index in [2.05, 4.69) is 149 Å². The Morgan fingerprint density at radius 2 is 1.42 bits per heavy atom. The largest absolute Gasteiger partial charge is 0.449 e. The molecule has 2 aliphatic heterocycles. The van der Waals surface area contributed by atoms with Crippen LogP contribution in [0, 0.1) is 0 Å². The van der Waals surface area contributed by atoms with E-state index in [0.29, 0.717) is 0 Å². The number of hydrogen-bond acceptors (Lipinski definition) is 4. The first-order valence-corrected chi connectivity index (χ1v) is 19.2. The molecule has 0 fully saturated rings. The van der Waals surface area contributed by atoms with Gasteiger partial charge in [0.15, 0.2) is 23.0 Å². The average Bonchev–Trinajstić information content (AvgIpc) is 3.58. The molecule has 0 saturated heterocycles. The van der Waals surface area contributed by atoms with Crippen molar-refractivity contribution >= 4 is 33.7 Å². The van der Waals surface area contributed by atoms with Crippen LogP contribution < -0.4 is 14.8 Å². The van der Waals surface area contributed by atoms with Crippen molar-refractivity contribution in [2.75, 3.05) is 0 Å². The van der Waals surface area contributed by atoms with Gasteiger partial charge < -0.3 is 19.4 Å². The van der Waals surface area contributed by atoms with Gasteiger partial charge in [0.25, 0.3) is 0 Å². The van der Waals surface area contributed by atoms with Crippen LogP contribution in [-0.4, -0.2) is 10.4 Å². The van der Waals surface area contributed by atoms with Crippen molar-refractivity contribution in [3.05, 3.63) is 191 Å². The number of rotatable bonds is 5. The highest BCUT2D eigenvalue weighted by molar-refractivity contribution is 6.12. The van der Waals surface area contributed by atoms with E-state index in [1.165, 1.54) is 33.2 Å². The van der Waals surface area contributed by atoms with Gasteiger partial charge in [-0.05, 0) is 102 Å². The Kier molecular flexibility index (Phi) is 7.44. The van der Waals surface area contributed by atoms with Crippen LogP contribution in [0.1, 0.15) is 47.6 Å². The Hall–Kier alpha value is -6.85. The summed E-state index contributed by atoms with van der Waals surface area (Å²) in [5.74, 6) is 3.81. The molecule has 5 nitrogen and oxygen atoms in total. The van der Waals surface area contributed by atoms with Crippen molar-refractivity contribution in [3.63, 3.8) is 0 Å². The molecule has 1 N–H and O–H groups in total. The molecule has 0 amide bonds. The summed E-state index contributed by atoms with van der Waals surface area (Å²) in [6.45, 7) is 0. The molecular formula is C50H37N3O2. The number of nitrogens with one attached hydrogen (secondary N) is 1. The molecule has 0 radical (unpaired) electrons. The van der Waals surface area contributed by atoms with Crippen molar-refractivity contribution < 1.29 is 9.47 Å². The highest BCUT2D eigenvalue weighted by atomic mass is 16.6. The predicted octanol–water partition coefficient (Wildman–Crippen LogP) is 12.6. The van der Waals surface area contributed by atoms with Gasteiger partial charge in [0, 0.05) is 28.1 Å². The molecule has 1 atom stereocenters. The second-order valence-corrected chi connectivity index (χ2v) is 14.6. The predicted molar refractivity (Wildman–Crippen MR) is 224 cm³/mol. The normalized spacial score (nSPS) is 16.9. The fourth-order valence-corrected chi connectivity index (χ4v) is 8.50. The van der Waals surface area contributed by atoms with Gasteiger partial charge in [-0.3, -0.25) is 0 Å². The third kappa shape index (κ3) is 5.50. The number of ether oxygens (including phenoxy) is 2. The number of nitrogens with zero attached hydrogens (tertiary/aromatic N) is 2. The van der Waals surface area contributed by atoms with Gasteiger partial charge in [-0.1, -0.05) is 115 Å². The molecule has 5 heteroatoms. The van der Waals surface area contributed by atoms with E-state index in [-0.39, 0.29) is 6.04 Å². The third-order valence-electron chi connectivity index (χ3n) is 11.2. The zero-order chi connectivity index (χ0) is 36.3. The van der Waals surface area contributed by atoms with Crippen LogP contribution >= 0.6 is 0 Å². The van der Waals surface area contributed by atoms with E-state index in [1.807, 2.05) is 24.3 Å². The molecule has 0 spiro atoms. The van der Waals surface area contributed by atoms with Gasteiger partial charge in [-0.25, -0.2) is 4.99 Å². The van der Waals surface area contributed by atoms with Crippen molar-refractivity contribution in [1.29, 1.82) is 0 Å². The average molecular weight is 712 g/mol. The van der Waals surface area contributed by atoms with Gasteiger partial charge in [-0.2, -0.15) is 0 Å². The second kappa shape index (κ2) is 12.9. The van der Waals surface area contributed by atoms with E-state index in [0.717, 1.165) is 93.5 Å². The lowest BCUT2D eigenvalue weighted by atomic mass is 9.94. The summed E-state index contributed by atoms with van der Waals surface area (Å²) in [5, 5.41) is 6.11. The van der Waals surface area contributed by atoms with E-state index in [4.69, 9.17) is 14.5 Å². The minimum absolute atomic E-state index is 0.0308. The molecule has 4 aliphatic rings. The van der Waals surface area contributed by atoms with Gasteiger partial charge in [-0.15, -0.1) is 0 Å². The Labute approximate surface area is 319 Å². The van der Waals surface area contributed by atoms with Crippen LogP contribution in [0.15, 0.2) is 174 Å². The van der Waals surface area contributed by atoms with Crippen molar-refractivity contribution in [2.45, 2.75) is 31.7 Å². The second-order valence-electron chi connectivity index (χ2n) is 14.6.